The summed E-state index contributed by atoms with van der Waals surface area (Å²) in [5.74, 6) is -5.26. The first-order valence-electron chi connectivity index (χ1n) is 4.78. The Morgan fingerprint density at radius 1 is 1.22 bits per heavy atom. The number of carboxylic acid groups (broad SMARTS) is 1. The van der Waals surface area contributed by atoms with E-state index in [9.17, 15) is 9.59 Å². The Morgan fingerprint density at radius 3 is 2.33 bits per heavy atom. The molecule has 0 spiro atoms. The van der Waals surface area contributed by atoms with Crippen LogP contribution in [0.4, 0.5) is 11.4 Å². The molecule has 0 aromatic heterocycles. The van der Waals surface area contributed by atoms with E-state index in [1.165, 1.54) is 12.1 Å². The summed E-state index contributed by atoms with van der Waals surface area (Å²) in [6.45, 7) is 0. The number of amides is 1. The topological polar surface area (TPSA) is 153 Å². The Hall–Kier alpha value is -2.16. The highest BCUT2D eigenvalue weighted by molar-refractivity contribution is 5.95. The average molecular weight is 256 g/mol. The van der Waals surface area contributed by atoms with Crippen LogP contribution >= 0.6 is 0 Å². The van der Waals surface area contributed by atoms with Crippen molar-refractivity contribution >= 4 is 23.3 Å². The molecule has 18 heavy (non-hydrogen) atoms. The van der Waals surface area contributed by atoms with Gasteiger partial charge in [0.2, 0.25) is 5.91 Å². The molecular formula is C10H12N2O6. The molecule has 0 aliphatic carbocycles. The maximum Gasteiger partial charge on any atom is 0.335 e. The Bertz CT molecular complexity index is 480. The molecule has 7 N–H and O–H groups in total. The molecule has 1 aromatic rings. The molecule has 0 unspecified atom stereocenters. The molecule has 0 heterocycles. The van der Waals surface area contributed by atoms with E-state index in [1.54, 1.807) is 0 Å². The largest absolute Gasteiger partial charge is 0.478 e. The number of carbonyl (C=O) groups is 2. The van der Waals surface area contributed by atoms with Crippen LogP contribution in [-0.4, -0.2) is 38.3 Å². The van der Waals surface area contributed by atoms with Gasteiger partial charge < -0.3 is 31.5 Å². The lowest BCUT2D eigenvalue weighted by molar-refractivity contribution is -0.309. The summed E-state index contributed by atoms with van der Waals surface area (Å²) >= 11 is 0. The third-order valence-electron chi connectivity index (χ3n) is 1.88. The number of hydrogen-bond donors (Lipinski definition) is 6. The summed E-state index contributed by atoms with van der Waals surface area (Å²) in [6, 6.07) is 3.63. The lowest BCUT2D eigenvalue weighted by Crippen LogP contribution is -2.33. The van der Waals surface area contributed by atoms with Gasteiger partial charge in [0, 0.05) is 11.4 Å². The van der Waals surface area contributed by atoms with Crippen molar-refractivity contribution in [1.29, 1.82) is 0 Å². The van der Waals surface area contributed by atoms with Gasteiger partial charge in [-0.25, -0.2) is 4.79 Å². The van der Waals surface area contributed by atoms with Crippen LogP contribution in [0.1, 0.15) is 16.8 Å². The number of carbonyl (C=O) groups excluding carboxylic acids is 1. The number of hydrogen-bond acceptors (Lipinski definition) is 6. The monoisotopic (exact) mass is 256 g/mol. The predicted octanol–water partition coefficient (Wildman–Crippen LogP) is -1.07. The maximum atomic E-state index is 11.2. The normalized spacial score (nSPS) is 11.1. The van der Waals surface area contributed by atoms with Gasteiger partial charge in [-0.2, -0.15) is 0 Å². The lowest BCUT2D eigenvalue weighted by Gasteiger charge is -2.13. The highest BCUT2D eigenvalue weighted by Crippen LogP contribution is 2.17. The molecule has 0 aliphatic heterocycles. The number of aliphatic hydroxyl groups is 3. The zero-order valence-corrected chi connectivity index (χ0v) is 9.12. The van der Waals surface area contributed by atoms with Crippen molar-refractivity contribution in [1.82, 2.24) is 0 Å². The van der Waals surface area contributed by atoms with Gasteiger partial charge in [-0.05, 0) is 18.2 Å². The molecule has 0 aliphatic rings. The molecule has 1 amide bonds. The van der Waals surface area contributed by atoms with Crippen LogP contribution in [0.3, 0.4) is 0 Å². The number of aromatic carboxylic acids is 1. The van der Waals surface area contributed by atoms with Crippen LogP contribution in [0, 0.1) is 0 Å². The minimum atomic E-state index is -3.12. The average Bonchev–Trinajstić information content (AvgIpc) is 2.12. The van der Waals surface area contributed by atoms with E-state index in [1.807, 2.05) is 0 Å². The second-order valence-electron chi connectivity index (χ2n) is 3.65. The van der Waals surface area contributed by atoms with Crippen LogP contribution in [0.2, 0.25) is 0 Å². The first kappa shape index (κ1) is 13.9. The summed E-state index contributed by atoms with van der Waals surface area (Å²) in [4.78, 5) is 22.0. The minimum Gasteiger partial charge on any atom is -0.478 e. The van der Waals surface area contributed by atoms with Crippen LogP contribution < -0.4 is 11.1 Å². The number of benzene rings is 1. The van der Waals surface area contributed by atoms with E-state index in [-0.39, 0.29) is 16.9 Å². The number of anilines is 2. The fourth-order valence-electron chi connectivity index (χ4n) is 1.27. The van der Waals surface area contributed by atoms with Gasteiger partial charge >= 0.3 is 5.97 Å². The molecule has 8 nitrogen and oxygen atoms in total. The summed E-state index contributed by atoms with van der Waals surface area (Å²) in [6.07, 6.45) is -0.982. The van der Waals surface area contributed by atoms with Crippen molar-refractivity contribution in [3.63, 3.8) is 0 Å². The van der Waals surface area contributed by atoms with Crippen molar-refractivity contribution in [2.24, 2.45) is 0 Å². The maximum absolute atomic E-state index is 11.2. The molecule has 8 heteroatoms. The van der Waals surface area contributed by atoms with Crippen molar-refractivity contribution < 1.29 is 30.0 Å². The standard InChI is InChI=1S/C10H12N2O6/c11-6-1-5(9(14)15)2-7(3-6)12-8(13)4-10(16,17)18/h1-3,16-18H,4,11H2,(H,12,13)(H,14,15). The molecule has 0 saturated carbocycles. The minimum absolute atomic E-state index is 0.0710. The molecular weight excluding hydrogens is 244 g/mol. The second-order valence-corrected chi connectivity index (χ2v) is 3.65. The molecule has 0 radical (unpaired) electrons. The predicted molar refractivity (Wildman–Crippen MR) is 60.4 cm³/mol. The molecule has 0 atom stereocenters. The number of rotatable bonds is 4. The van der Waals surface area contributed by atoms with Gasteiger partial charge in [-0.1, -0.05) is 0 Å². The van der Waals surface area contributed by atoms with E-state index in [0.717, 1.165) is 6.07 Å². The fraction of sp³-hybridized carbons (Fsp3) is 0.200. The number of carboxylic acids is 1. The van der Waals surface area contributed by atoms with Gasteiger partial charge in [-0.3, -0.25) is 4.79 Å². The SMILES string of the molecule is Nc1cc(NC(=O)CC(O)(O)O)cc(C(=O)O)c1. The summed E-state index contributed by atoms with van der Waals surface area (Å²) in [7, 11) is 0. The summed E-state index contributed by atoms with van der Waals surface area (Å²) in [5, 5.41) is 36.7. The second kappa shape index (κ2) is 5.00. The Morgan fingerprint density at radius 2 is 1.83 bits per heavy atom. The van der Waals surface area contributed by atoms with Gasteiger partial charge in [0.1, 0.15) is 6.42 Å². The fourth-order valence-corrected chi connectivity index (χ4v) is 1.27. The first-order valence-corrected chi connectivity index (χ1v) is 4.78. The third-order valence-corrected chi connectivity index (χ3v) is 1.88. The Balaban J connectivity index is 2.85. The van der Waals surface area contributed by atoms with Crippen LogP contribution in [0.25, 0.3) is 0 Å². The zero-order chi connectivity index (χ0) is 13.9. The van der Waals surface area contributed by atoms with Crippen LogP contribution in [0.15, 0.2) is 18.2 Å². The van der Waals surface area contributed by atoms with Crippen molar-refractivity contribution in [3.05, 3.63) is 23.8 Å². The van der Waals surface area contributed by atoms with Crippen molar-refractivity contribution in [2.45, 2.75) is 12.4 Å². The number of nitrogens with two attached hydrogens (primary N) is 1. The highest BCUT2D eigenvalue weighted by Gasteiger charge is 2.23. The molecule has 0 bridgehead atoms. The van der Waals surface area contributed by atoms with Gasteiger partial charge in [0.15, 0.2) is 0 Å². The summed E-state index contributed by atoms with van der Waals surface area (Å²) < 4.78 is 0. The van der Waals surface area contributed by atoms with E-state index in [2.05, 4.69) is 5.32 Å². The molecule has 1 rings (SSSR count). The van der Waals surface area contributed by atoms with E-state index in [0.29, 0.717) is 0 Å². The number of nitrogen functional groups attached to an aromatic ring is 1. The van der Waals surface area contributed by atoms with E-state index < -0.39 is 24.3 Å². The molecule has 1 aromatic carbocycles. The first-order chi connectivity index (χ1) is 8.17. The zero-order valence-electron chi connectivity index (χ0n) is 9.12. The van der Waals surface area contributed by atoms with Gasteiger partial charge in [-0.15, -0.1) is 0 Å². The van der Waals surface area contributed by atoms with Crippen molar-refractivity contribution in [3.8, 4) is 0 Å². The van der Waals surface area contributed by atoms with E-state index >= 15 is 0 Å². The molecule has 0 fully saturated rings. The Kier molecular flexibility index (Phi) is 3.86. The van der Waals surface area contributed by atoms with Crippen LogP contribution in [-0.2, 0) is 4.79 Å². The highest BCUT2D eigenvalue weighted by atomic mass is 16.7. The Labute approximate surface area is 101 Å². The van der Waals surface area contributed by atoms with E-state index in [4.69, 9.17) is 26.2 Å². The van der Waals surface area contributed by atoms with Crippen molar-refractivity contribution in [2.75, 3.05) is 11.1 Å². The molecule has 98 valence electrons. The quantitative estimate of drug-likeness (QED) is 0.296. The smallest absolute Gasteiger partial charge is 0.335 e. The third kappa shape index (κ3) is 4.37. The summed E-state index contributed by atoms with van der Waals surface area (Å²) in [5.41, 5.74) is 5.50. The lowest BCUT2D eigenvalue weighted by atomic mass is 10.1. The van der Waals surface area contributed by atoms with Gasteiger partial charge in [0.25, 0.3) is 5.97 Å². The van der Waals surface area contributed by atoms with Crippen LogP contribution in [0.5, 0.6) is 0 Å². The number of nitrogens with one attached hydrogen (secondary N) is 1. The molecule has 0 saturated heterocycles. The van der Waals surface area contributed by atoms with Gasteiger partial charge in [0.05, 0.1) is 5.56 Å².